The zero-order valence-electron chi connectivity index (χ0n) is 10.4. The molecule has 18 heavy (non-hydrogen) atoms. The number of ether oxygens (including phenoxy) is 2. The molecule has 0 aliphatic heterocycles. The Morgan fingerprint density at radius 1 is 1.22 bits per heavy atom. The van der Waals surface area contributed by atoms with E-state index in [2.05, 4.69) is 4.74 Å². The number of benzene rings is 1. The maximum atomic E-state index is 11.3. The Hall–Kier alpha value is -2.04. The average molecular weight is 252 g/mol. The van der Waals surface area contributed by atoms with Gasteiger partial charge in [0, 0.05) is 0 Å². The molecule has 0 radical (unpaired) electrons. The molecule has 1 N–H and O–H groups in total. The molecule has 5 heteroatoms. The summed E-state index contributed by atoms with van der Waals surface area (Å²) in [5, 5.41) is 8.91. The van der Waals surface area contributed by atoms with E-state index in [-0.39, 0.29) is 6.42 Å². The molecule has 98 valence electrons. The number of carboxylic acid groups (broad SMARTS) is 1. The quantitative estimate of drug-likeness (QED) is 0.613. The van der Waals surface area contributed by atoms with Crippen molar-refractivity contribution in [1.82, 2.24) is 0 Å². The fourth-order valence-corrected chi connectivity index (χ4v) is 1.59. The lowest BCUT2D eigenvalue weighted by molar-refractivity contribution is -0.156. The van der Waals surface area contributed by atoms with Gasteiger partial charge in [-0.1, -0.05) is 12.1 Å². The molecule has 0 bridgehead atoms. The summed E-state index contributed by atoms with van der Waals surface area (Å²) in [5.41, 5.74) is 0.950. The Morgan fingerprint density at radius 2 is 1.83 bits per heavy atom. The number of carbonyl (C=O) groups is 2. The Labute approximate surface area is 105 Å². The molecule has 0 saturated heterocycles. The molecule has 1 aromatic rings. The van der Waals surface area contributed by atoms with Crippen LogP contribution in [0.3, 0.4) is 0 Å². The molecule has 1 aromatic carbocycles. The van der Waals surface area contributed by atoms with E-state index in [4.69, 9.17) is 9.84 Å². The molecule has 0 spiro atoms. The minimum atomic E-state index is -1.16. The van der Waals surface area contributed by atoms with Crippen LogP contribution in [0.2, 0.25) is 0 Å². The van der Waals surface area contributed by atoms with Crippen LogP contribution in [0, 0.1) is 5.92 Å². The molecular formula is C13H16O5. The molecule has 5 nitrogen and oxygen atoms in total. The number of aliphatic carboxylic acids is 1. The monoisotopic (exact) mass is 252 g/mol. The van der Waals surface area contributed by atoms with Gasteiger partial charge in [0.15, 0.2) is 5.92 Å². The second-order valence-electron chi connectivity index (χ2n) is 3.80. The Morgan fingerprint density at radius 3 is 2.28 bits per heavy atom. The molecule has 0 heterocycles. The summed E-state index contributed by atoms with van der Waals surface area (Å²) in [7, 11) is 2.76. The number of hydrogen-bond acceptors (Lipinski definition) is 4. The van der Waals surface area contributed by atoms with Gasteiger partial charge in [-0.3, -0.25) is 9.59 Å². The van der Waals surface area contributed by atoms with Crippen LogP contribution in [-0.4, -0.2) is 31.3 Å². The van der Waals surface area contributed by atoms with Gasteiger partial charge in [-0.25, -0.2) is 0 Å². The highest BCUT2D eigenvalue weighted by molar-refractivity contribution is 5.93. The van der Waals surface area contributed by atoms with Crippen molar-refractivity contribution in [1.29, 1.82) is 0 Å². The van der Waals surface area contributed by atoms with E-state index >= 15 is 0 Å². The van der Waals surface area contributed by atoms with E-state index in [1.807, 2.05) is 12.1 Å². The highest BCUT2D eigenvalue weighted by Crippen LogP contribution is 2.15. The number of methoxy groups -OCH3 is 2. The lowest BCUT2D eigenvalue weighted by atomic mass is 9.99. The van der Waals surface area contributed by atoms with E-state index in [0.29, 0.717) is 6.42 Å². The predicted octanol–water partition coefficient (Wildman–Crippen LogP) is 1.50. The summed E-state index contributed by atoms with van der Waals surface area (Å²) in [6.45, 7) is 0. The molecule has 1 unspecified atom stereocenters. The van der Waals surface area contributed by atoms with E-state index in [1.165, 1.54) is 7.11 Å². The normalized spacial score (nSPS) is 11.7. The zero-order chi connectivity index (χ0) is 13.5. The van der Waals surface area contributed by atoms with E-state index in [0.717, 1.165) is 11.3 Å². The van der Waals surface area contributed by atoms with Crippen LogP contribution < -0.4 is 4.74 Å². The van der Waals surface area contributed by atoms with Crippen LogP contribution in [0.4, 0.5) is 0 Å². The lowest BCUT2D eigenvalue weighted by Gasteiger charge is -2.10. The standard InChI is InChI=1S/C13H16O5/c1-17-10-6-3-9(4-7-10)5-8-11(12(14)15)13(16)18-2/h3-4,6-7,11H,5,8H2,1-2H3,(H,14,15). The molecule has 1 rings (SSSR count). The van der Waals surface area contributed by atoms with Crippen LogP contribution in [0.25, 0.3) is 0 Å². The zero-order valence-corrected chi connectivity index (χ0v) is 10.4. The van der Waals surface area contributed by atoms with Crippen molar-refractivity contribution >= 4 is 11.9 Å². The molecule has 0 aromatic heterocycles. The summed E-state index contributed by atoms with van der Waals surface area (Å²) in [5.74, 6) is -2.25. The first-order valence-corrected chi connectivity index (χ1v) is 5.52. The fraction of sp³-hybridized carbons (Fsp3) is 0.385. The lowest BCUT2D eigenvalue weighted by Crippen LogP contribution is -2.25. The van der Waals surface area contributed by atoms with Crippen LogP contribution in [-0.2, 0) is 20.7 Å². The van der Waals surface area contributed by atoms with Gasteiger partial charge in [-0.15, -0.1) is 0 Å². The number of carboxylic acids is 1. The minimum Gasteiger partial charge on any atom is -0.497 e. The number of esters is 1. The highest BCUT2D eigenvalue weighted by atomic mass is 16.5. The predicted molar refractivity (Wildman–Crippen MR) is 64.5 cm³/mol. The van der Waals surface area contributed by atoms with Crippen molar-refractivity contribution in [3.8, 4) is 5.75 Å². The molecule has 0 amide bonds. The SMILES string of the molecule is COC(=O)C(CCc1ccc(OC)cc1)C(=O)O. The third kappa shape index (κ3) is 3.76. The molecular weight excluding hydrogens is 236 g/mol. The summed E-state index contributed by atoms with van der Waals surface area (Å²) in [6, 6.07) is 7.27. The number of rotatable bonds is 6. The van der Waals surface area contributed by atoms with Crippen molar-refractivity contribution in [2.45, 2.75) is 12.8 Å². The molecule has 0 saturated carbocycles. The first-order valence-electron chi connectivity index (χ1n) is 5.52. The fourth-order valence-electron chi connectivity index (χ4n) is 1.59. The molecule has 0 aliphatic rings. The topological polar surface area (TPSA) is 72.8 Å². The number of aryl methyl sites for hydroxylation is 1. The second-order valence-corrected chi connectivity index (χ2v) is 3.80. The first kappa shape index (κ1) is 14.0. The van der Waals surface area contributed by atoms with Gasteiger partial charge in [-0.2, -0.15) is 0 Å². The Kier molecular flexibility index (Phi) is 5.17. The molecule has 0 fully saturated rings. The largest absolute Gasteiger partial charge is 0.497 e. The van der Waals surface area contributed by atoms with Gasteiger partial charge in [-0.05, 0) is 30.5 Å². The highest BCUT2D eigenvalue weighted by Gasteiger charge is 2.26. The van der Waals surface area contributed by atoms with Crippen molar-refractivity contribution in [3.63, 3.8) is 0 Å². The minimum absolute atomic E-state index is 0.217. The second kappa shape index (κ2) is 6.64. The van der Waals surface area contributed by atoms with Gasteiger partial charge in [0.2, 0.25) is 0 Å². The van der Waals surface area contributed by atoms with Gasteiger partial charge in [0.1, 0.15) is 5.75 Å². The number of hydrogen-bond donors (Lipinski definition) is 1. The Bertz CT molecular complexity index is 410. The Balaban J connectivity index is 2.61. The van der Waals surface area contributed by atoms with Crippen LogP contribution in [0.1, 0.15) is 12.0 Å². The van der Waals surface area contributed by atoms with Crippen LogP contribution >= 0.6 is 0 Å². The summed E-state index contributed by atoms with van der Waals surface area (Å²) in [6.07, 6.45) is 0.713. The summed E-state index contributed by atoms with van der Waals surface area (Å²) >= 11 is 0. The van der Waals surface area contributed by atoms with E-state index in [9.17, 15) is 9.59 Å². The van der Waals surface area contributed by atoms with Gasteiger partial charge >= 0.3 is 11.9 Å². The first-order chi connectivity index (χ1) is 8.58. The summed E-state index contributed by atoms with van der Waals surface area (Å²) in [4.78, 5) is 22.2. The van der Waals surface area contributed by atoms with Crippen LogP contribution in [0.15, 0.2) is 24.3 Å². The molecule has 0 aliphatic carbocycles. The number of carbonyl (C=O) groups excluding carboxylic acids is 1. The third-order valence-electron chi connectivity index (χ3n) is 2.66. The van der Waals surface area contributed by atoms with Crippen molar-refractivity contribution < 1.29 is 24.2 Å². The average Bonchev–Trinajstić information content (AvgIpc) is 2.39. The van der Waals surface area contributed by atoms with Gasteiger partial charge < -0.3 is 14.6 Å². The maximum absolute atomic E-state index is 11.3. The van der Waals surface area contributed by atoms with E-state index < -0.39 is 17.9 Å². The van der Waals surface area contributed by atoms with Gasteiger partial charge in [0.25, 0.3) is 0 Å². The smallest absolute Gasteiger partial charge is 0.320 e. The van der Waals surface area contributed by atoms with Crippen LogP contribution in [0.5, 0.6) is 5.75 Å². The molecule has 1 atom stereocenters. The van der Waals surface area contributed by atoms with Crippen molar-refractivity contribution in [2.75, 3.05) is 14.2 Å². The van der Waals surface area contributed by atoms with E-state index in [1.54, 1.807) is 19.2 Å². The maximum Gasteiger partial charge on any atom is 0.320 e. The van der Waals surface area contributed by atoms with Crippen molar-refractivity contribution in [2.24, 2.45) is 5.92 Å². The third-order valence-corrected chi connectivity index (χ3v) is 2.66. The van der Waals surface area contributed by atoms with Crippen molar-refractivity contribution in [3.05, 3.63) is 29.8 Å². The van der Waals surface area contributed by atoms with Gasteiger partial charge in [0.05, 0.1) is 14.2 Å². The summed E-state index contributed by atoms with van der Waals surface area (Å²) < 4.78 is 9.48.